The van der Waals surface area contributed by atoms with Gasteiger partial charge in [-0.2, -0.15) is 0 Å². The molecule has 1 aromatic heterocycles. The summed E-state index contributed by atoms with van der Waals surface area (Å²) in [5, 5.41) is 3.92. The number of anilines is 2. The topological polar surface area (TPSA) is 64.1 Å². The summed E-state index contributed by atoms with van der Waals surface area (Å²) >= 11 is 1.50. The Morgan fingerprint density at radius 3 is 2.62 bits per heavy atom. The number of hydrogen-bond donors (Lipinski definition) is 1. The maximum Gasteiger partial charge on any atom is 0.338 e. The van der Waals surface area contributed by atoms with Gasteiger partial charge in [0.1, 0.15) is 5.82 Å². The molecule has 2 rings (SSSR count). The molecule has 21 heavy (non-hydrogen) atoms. The smallest absolute Gasteiger partial charge is 0.338 e. The fraction of sp³-hybridized carbons (Fsp3) is 0.267. The van der Waals surface area contributed by atoms with Crippen molar-refractivity contribution in [2.75, 3.05) is 18.2 Å². The van der Waals surface area contributed by atoms with Gasteiger partial charge in [0.2, 0.25) is 0 Å². The molecule has 0 aliphatic carbocycles. The second-order valence-corrected chi connectivity index (χ2v) is 5.08. The summed E-state index contributed by atoms with van der Waals surface area (Å²) < 4.78 is 4.95. The van der Waals surface area contributed by atoms with E-state index in [1.165, 1.54) is 11.8 Å². The molecule has 0 saturated carbocycles. The molecular formula is C15H17N3O2S. The molecule has 0 unspecified atom stereocenters. The predicted molar refractivity (Wildman–Crippen MR) is 84.2 cm³/mol. The maximum absolute atomic E-state index is 11.6. The number of ether oxygens (including phenoxy) is 1. The van der Waals surface area contributed by atoms with E-state index in [0.29, 0.717) is 12.2 Å². The number of nitrogens with zero attached hydrogens (tertiary/aromatic N) is 2. The van der Waals surface area contributed by atoms with Crippen molar-refractivity contribution < 1.29 is 9.53 Å². The van der Waals surface area contributed by atoms with Gasteiger partial charge in [0.15, 0.2) is 5.16 Å². The molecule has 0 amide bonds. The molecule has 0 atom stereocenters. The first-order valence-corrected chi connectivity index (χ1v) is 7.78. The van der Waals surface area contributed by atoms with Crippen molar-refractivity contribution in [3.8, 4) is 0 Å². The van der Waals surface area contributed by atoms with Crippen molar-refractivity contribution in [1.82, 2.24) is 9.97 Å². The third-order valence-electron chi connectivity index (χ3n) is 2.68. The van der Waals surface area contributed by atoms with Crippen LogP contribution in [-0.2, 0) is 4.74 Å². The lowest BCUT2D eigenvalue weighted by atomic mass is 10.2. The molecule has 6 heteroatoms. The number of hydrogen-bond acceptors (Lipinski definition) is 6. The van der Waals surface area contributed by atoms with Gasteiger partial charge < -0.3 is 10.1 Å². The van der Waals surface area contributed by atoms with E-state index >= 15 is 0 Å². The van der Waals surface area contributed by atoms with Crippen molar-refractivity contribution in [3.63, 3.8) is 0 Å². The van der Waals surface area contributed by atoms with E-state index < -0.39 is 0 Å². The second-order valence-electron chi connectivity index (χ2n) is 4.30. The molecule has 0 radical (unpaired) electrons. The molecule has 0 aliphatic heterocycles. The van der Waals surface area contributed by atoms with E-state index in [2.05, 4.69) is 15.3 Å². The number of esters is 1. The highest BCUT2D eigenvalue weighted by molar-refractivity contribution is 7.98. The fourth-order valence-electron chi connectivity index (χ4n) is 1.75. The Bertz CT molecular complexity index is 629. The Morgan fingerprint density at radius 2 is 2.00 bits per heavy atom. The van der Waals surface area contributed by atoms with Crippen LogP contribution in [0.15, 0.2) is 35.5 Å². The van der Waals surface area contributed by atoms with Crippen LogP contribution in [0.25, 0.3) is 0 Å². The average Bonchev–Trinajstić information content (AvgIpc) is 2.47. The monoisotopic (exact) mass is 303 g/mol. The van der Waals surface area contributed by atoms with Crippen molar-refractivity contribution in [2.45, 2.75) is 19.0 Å². The average molecular weight is 303 g/mol. The summed E-state index contributed by atoms with van der Waals surface area (Å²) in [7, 11) is 0. The molecule has 0 spiro atoms. The van der Waals surface area contributed by atoms with E-state index in [-0.39, 0.29) is 5.97 Å². The number of nitrogens with one attached hydrogen (secondary N) is 1. The minimum Gasteiger partial charge on any atom is -0.462 e. The molecule has 0 bridgehead atoms. The Balaban J connectivity index is 2.13. The minimum absolute atomic E-state index is 0.313. The van der Waals surface area contributed by atoms with Crippen LogP contribution in [0.2, 0.25) is 0 Å². The molecule has 1 aromatic carbocycles. The largest absolute Gasteiger partial charge is 0.462 e. The van der Waals surface area contributed by atoms with Gasteiger partial charge in [-0.25, -0.2) is 14.8 Å². The molecule has 0 fully saturated rings. The van der Waals surface area contributed by atoms with Gasteiger partial charge in [0.05, 0.1) is 12.2 Å². The summed E-state index contributed by atoms with van der Waals surface area (Å²) in [5.74, 6) is 0.419. The molecule has 5 nitrogen and oxygen atoms in total. The zero-order valence-corrected chi connectivity index (χ0v) is 13.0. The zero-order chi connectivity index (χ0) is 15.2. The van der Waals surface area contributed by atoms with E-state index in [9.17, 15) is 4.79 Å². The van der Waals surface area contributed by atoms with Crippen LogP contribution in [-0.4, -0.2) is 28.8 Å². The summed E-state index contributed by atoms with van der Waals surface area (Å²) in [6.07, 6.45) is 1.94. The lowest BCUT2D eigenvalue weighted by Crippen LogP contribution is -2.04. The fourth-order valence-corrected chi connectivity index (χ4v) is 2.17. The Hall–Kier alpha value is -2.08. The van der Waals surface area contributed by atoms with Crippen LogP contribution < -0.4 is 5.32 Å². The number of aromatic nitrogens is 2. The third-order valence-corrected chi connectivity index (χ3v) is 3.23. The molecular weight excluding hydrogens is 286 g/mol. The highest BCUT2D eigenvalue weighted by atomic mass is 32.2. The first-order valence-electron chi connectivity index (χ1n) is 6.56. The maximum atomic E-state index is 11.6. The number of carbonyl (C=O) groups excluding carboxylic acids is 1. The SMILES string of the molecule is CCOC(=O)c1ccc(Nc2cc(C)nc(SC)n2)cc1. The first kappa shape index (κ1) is 15.3. The molecule has 0 aliphatic rings. The molecule has 110 valence electrons. The standard InChI is InChI=1S/C15H17N3O2S/c1-4-20-14(19)11-5-7-12(8-6-11)17-13-9-10(2)16-15(18-13)21-3/h5-9H,4H2,1-3H3,(H,16,17,18). The predicted octanol–water partition coefficient (Wildman–Crippen LogP) is 3.43. The van der Waals surface area contributed by atoms with Crippen molar-refractivity contribution in [2.24, 2.45) is 0 Å². The summed E-state index contributed by atoms with van der Waals surface area (Å²) in [6, 6.07) is 8.97. The number of benzene rings is 1. The van der Waals surface area contributed by atoms with Gasteiger partial charge in [-0.1, -0.05) is 11.8 Å². The zero-order valence-electron chi connectivity index (χ0n) is 12.2. The summed E-state index contributed by atoms with van der Waals surface area (Å²) in [6.45, 7) is 4.08. The summed E-state index contributed by atoms with van der Waals surface area (Å²) in [4.78, 5) is 20.3. The van der Waals surface area contributed by atoms with E-state index in [1.54, 1.807) is 19.1 Å². The van der Waals surface area contributed by atoms with E-state index in [0.717, 1.165) is 22.4 Å². The van der Waals surface area contributed by atoms with E-state index in [1.807, 2.05) is 31.4 Å². The van der Waals surface area contributed by atoms with Crippen LogP contribution in [0.5, 0.6) is 0 Å². The molecule has 0 saturated heterocycles. The van der Waals surface area contributed by atoms with Gasteiger partial charge in [-0.05, 0) is 44.4 Å². The molecule has 2 aromatic rings. The van der Waals surface area contributed by atoms with Crippen LogP contribution in [0.1, 0.15) is 23.0 Å². The quantitative estimate of drug-likeness (QED) is 0.518. The van der Waals surface area contributed by atoms with E-state index in [4.69, 9.17) is 4.74 Å². The lowest BCUT2D eigenvalue weighted by Gasteiger charge is -2.08. The van der Waals surface area contributed by atoms with Crippen molar-refractivity contribution in [1.29, 1.82) is 0 Å². The normalized spacial score (nSPS) is 10.2. The first-order chi connectivity index (χ1) is 10.1. The Morgan fingerprint density at radius 1 is 1.29 bits per heavy atom. The van der Waals surface area contributed by atoms with Gasteiger partial charge in [-0.3, -0.25) is 0 Å². The van der Waals surface area contributed by atoms with Crippen molar-refractivity contribution in [3.05, 3.63) is 41.6 Å². The second kappa shape index (κ2) is 7.08. The number of aryl methyl sites for hydroxylation is 1. The minimum atomic E-state index is -0.313. The van der Waals surface area contributed by atoms with Gasteiger partial charge in [-0.15, -0.1) is 0 Å². The number of thioether (sulfide) groups is 1. The molecule has 1 heterocycles. The highest BCUT2D eigenvalue weighted by Crippen LogP contribution is 2.19. The van der Waals surface area contributed by atoms with Crippen LogP contribution in [0.3, 0.4) is 0 Å². The Labute approximate surface area is 128 Å². The third kappa shape index (κ3) is 4.19. The number of rotatable bonds is 5. The Kier molecular flexibility index (Phi) is 5.16. The number of carbonyl (C=O) groups is 1. The van der Waals surface area contributed by atoms with Crippen LogP contribution in [0.4, 0.5) is 11.5 Å². The lowest BCUT2D eigenvalue weighted by molar-refractivity contribution is 0.0526. The van der Waals surface area contributed by atoms with Gasteiger partial charge >= 0.3 is 5.97 Å². The van der Waals surface area contributed by atoms with Crippen molar-refractivity contribution >= 4 is 29.2 Å². The summed E-state index contributed by atoms with van der Waals surface area (Å²) in [5.41, 5.74) is 2.29. The van der Waals surface area contributed by atoms with Crippen LogP contribution >= 0.6 is 11.8 Å². The molecule has 1 N–H and O–H groups in total. The highest BCUT2D eigenvalue weighted by Gasteiger charge is 2.06. The van der Waals surface area contributed by atoms with Gasteiger partial charge in [0.25, 0.3) is 0 Å². The van der Waals surface area contributed by atoms with Crippen LogP contribution in [0, 0.1) is 6.92 Å². The van der Waals surface area contributed by atoms with Gasteiger partial charge in [0, 0.05) is 17.4 Å².